The molecule has 0 bridgehead atoms. The molecule has 1 atom stereocenters. The van der Waals surface area contributed by atoms with Crippen LogP contribution >= 0.6 is 23.1 Å². The topological polar surface area (TPSA) is 54.1 Å². The van der Waals surface area contributed by atoms with Crippen LogP contribution in [0.2, 0.25) is 0 Å². The van der Waals surface area contributed by atoms with Crippen molar-refractivity contribution < 1.29 is 9.53 Å². The summed E-state index contributed by atoms with van der Waals surface area (Å²) in [4.78, 5) is 18.6. The van der Waals surface area contributed by atoms with Crippen molar-refractivity contribution in [2.75, 3.05) is 19.9 Å². The van der Waals surface area contributed by atoms with Crippen molar-refractivity contribution in [3.63, 3.8) is 0 Å². The van der Waals surface area contributed by atoms with Gasteiger partial charge < -0.3 is 15.0 Å². The number of ether oxygens (including phenoxy) is 1. The highest BCUT2D eigenvalue weighted by Crippen LogP contribution is 2.33. The summed E-state index contributed by atoms with van der Waals surface area (Å²) in [6.45, 7) is 0.509. The molecule has 4 nitrogen and oxygen atoms in total. The zero-order chi connectivity index (χ0) is 20.2. The summed E-state index contributed by atoms with van der Waals surface area (Å²) < 4.78 is 5.44. The Kier molecular flexibility index (Phi) is 5.92. The Bertz CT molecular complexity index is 1120. The number of amides is 1. The quantitative estimate of drug-likeness (QED) is 0.386. The molecule has 4 rings (SSSR count). The number of rotatable bonds is 7. The third kappa shape index (κ3) is 4.04. The lowest BCUT2D eigenvalue weighted by Crippen LogP contribution is -2.29. The van der Waals surface area contributed by atoms with Gasteiger partial charge in [0, 0.05) is 39.3 Å². The van der Waals surface area contributed by atoms with Gasteiger partial charge in [0.25, 0.3) is 5.91 Å². The largest absolute Gasteiger partial charge is 0.496 e. The number of thioether (sulfide) groups is 1. The van der Waals surface area contributed by atoms with E-state index in [-0.39, 0.29) is 11.8 Å². The first-order valence-corrected chi connectivity index (χ1v) is 11.4. The number of aromatic nitrogens is 1. The smallest absolute Gasteiger partial charge is 0.255 e. The zero-order valence-electron chi connectivity index (χ0n) is 16.3. The number of nitrogens with one attached hydrogen (secondary N) is 2. The summed E-state index contributed by atoms with van der Waals surface area (Å²) >= 11 is 3.33. The molecule has 2 aromatic carbocycles. The van der Waals surface area contributed by atoms with Gasteiger partial charge >= 0.3 is 0 Å². The van der Waals surface area contributed by atoms with Crippen LogP contribution in [0.15, 0.2) is 71.1 Å². The molecule has 0 saturated carbocycles. The Morgan fingerprint density at radius 3 is 2.83 bits per heavy atom. The standard InChI is InChI=1S/C23H22N2O2S2/c1-27-21-12-15(28-2)9-10-17(21)23(26)25-14-19(22-8-5-11-29-22)18-13-24-20-7-4-3-6-16(18)20/h3-13,19,24H,14H2,1-2H3,(H,25,26)/t19-/m1/s1. The summed E-state index contributed by atoms with van der Waals surface area (Å²) in [7, 11) is 1.59. The monoisotopic (exact) mass is 422 g/mol. The van der Waals surface area contributed by atoms with Crippen molar-refractivity contribution in [2.45, 2.75) is 10.8 Å². The molecule has 0 aliphatic heterocycles. The molecular formula is C23H22N2O2S2. The molecule has 0 saturated heterocycles. The van der Waals surface area contributed by atoms with Gasteiger partial charge in [-0.1, -0.05) is 24.3 Å². The number of fused-ring (bicyclic) bond motifs is 1. The van der Waals surface area contributed by atoms with Crippen LogP contribution in [0, 0.1) is 0 Å². The van der Waals surface area contributed by atoms with Crippen LogP contribution in [0.5, 0.6) is 5.75 Å². The number of H-pyrrole nitrogens is 1. The predicted molar refractivity (Wildman–Crippen MR) is 122 cm³/mol. The zero-order valence-corrected chi connectivity index (χ0v) is 17.9. The van der Waals surface area contributed by atoms with Crippen LogP contribution < -0.4 is 10.1 Å². The lowest BCUT2D eigenvalue weighted by molar-refractivity contribution is 0.0949. The second-order valence-electron chi connectivity index (χ2n) is 6.63. The normalized spacial score (nSPS) is 12.1. The second-order valence-corrected chi connectivity index (χ2v) is 8.49. The van der Waals surface area contributed by atoms with E-state index in [1.165, 1.54) is 15.8 Å². The minimum Gasteiger partial charge on any atom is -0.496 e. The number of aromatic amines is 1. The van der Waals surface area contributed by atoms with Gasteiger partial charge in [-0.15, -0.1) is 23.1 Å². The highest BCUT2D eigenvalue weighted by molar-refractivity contribution is 7.98. The van der Waals surface area contributed by atoms with Gasteiger partial charge in [0.15, 0.2) is 0 Å². The first-order chi connectivity index (χ1) is 14.2. The van der Waals surface area contributed by atoms with E-state index in [0.717, 1.165) is 10.4 Å². The van der Waals surface area contributed by atoms with Crippen LogP contribution in [0.4, 0.5) is 0 Å². The van der Waals surface area contributed by atoms with Gasteiger partial charge in [0.2, 0.25) is 0 Å². The van der Waals surface area contributed by atoms with E-state index in [2.05, 4.69) is 40.1 Å². The Labute approximate surface area is 178 Å². The van der Waals surface area contributed by atoms with Crippen molar-refractivity contribution in [2.24, 2.45) is 0 Å². The molecule has 2 heterocycles. The van der Waals surface area contributed by atoms with Gasteiger partial charge in [-0.25, -0.2) is 0 Å². The van der Waals surface area contributed by atoms with Gasteiger partial charge in [-0.3, -0.25) is 4.79 Å². The molecule has 148 valence electrons. The molecule has 0 unspecified atom stereocenters. The number of hydrogen-bond acceptors (Lipinski definition) is 4. The number of methoxy groups -OCH3 is 1. The number of carbonyl (C=O) groups is 1. The second kappa shape index (κ2) is 8.76. The fraction of sp³-hybridized carbons (Fsp3) is 0.174. The number of hydrogen-bond donors (Lipinski definition) is 2. The van der Waals surface area contributed by atoms with Crippen molar-refractivity contribution in [3.8, 4) is 5.75 Å². The molecular weight excluding hydrogens is 400 g/mol. The van der Waals surface area contributed by atoms with Gasteiger partial charge in [-0.05, 0) is 47.5 Å². The van der Waals surface area contributed by atoms with Crippen LogP contribution in [0.1, 0.15) is 26.7 Å². The van der Waals surface area contributed by atoms with Crippen LogP contribution in [-0.4, -0.2) is 30.8 Å². The van der Waals surface area contributed by atoms with E-state index >= 15 is 0 Å². The predicted octanol–water partition coefficient (Wildman–Crippen LogP) is 5.52. The summed E-state index contributed by atoms with van der Waals surface area (Å²) in [6.07, 6.45) is 4.05. The highest BCUT2D eigenvalue weighted by Gasteiger charge is 2.21. The van der Waals surface area contributed by atoms with Gasteiger partial charge in [0.05, 0.1) is 12.7 Å². The number of benzene rings is 2. The molecule has 0 aliphatic carbocycles. The Morgan fingerprint density at radius 2 is 2.07 bits per heavy atom. The summed E-state index contributed by atoms with van der Waals surface area (Å²) in [5.74, 6) is 0.539. The Balaban J connectivity index is 1.61. The van der Waals surface area contributed by atoms with Gasteiger partial charge in [0.1, 0.15) is 5.75 Å². The molecule has 0 aliphatic rings. The number of thiophene rings is 1. The fourth-order valence-electron chi connectivity index (χ4n) is 3.51. The minimum atomic E-state index is -0.129. The lowest BCUT2D eigenvalue weighted by atomic mass is 9.96. The molecule has 4 aromatic rings. The molecule has 2 N–H and O–H groups in total. The average Bonchev–Trinajstić information content (AvgIpc) is 3.44. The van der Waals surface area contributed by atoms with Crippen LogP contribution in [0.3, 0.4) is 0 Å². The Hall–Kier alpha value is -2.70. The van der Waals surface area contributed by atoms with Crippen LogP contribution in [0.25, 0.3) is 10.9 Å². The summed E-state index contributed by atoms with van der Waals surface area (Å²) in [6, 6.07) is 18.1. The number of carbonyl (C=O) groups excluding carboxylic acids is 1. The maximum atomic E-state index is 12.9. The molecule has 0 fully saturated rings. The molecule has 0 spiro atoms. The van der Waals surface area contributed by atoms with Crippen molar-refractivity contribution in [1.82, 2.24) is 10.3 Å². The highest BCUT2D eigenvalue weighted by atomic mass is 32.2. The van der Waals surface area contributed by atoms with E-state index in [0.29, 0.717) is 17.9 Å². The van der Waals surface area contributed by atoms with Crippen LogP contribution in [-0.2, 0) is 0 Å². The molecule has 2 aromatic heterocycles. The van der Waals surface area contributed by atoms with E-state index in [4.69, 9.17) is 4.74 Å². The third-order valence-corrected chi connectivity index (χ3v) is 6.71. The average molecular weight is 423 g/mol. The number of para-hydroxylation sites is 1. The van der Waals surface area contributed by atoms with E-state index in [1.54, 1.807) is 30.2 Å². The van der Waals surface area contributed by atoms with Crippen molar-refractivity contribution >= 4 is 39.9 Å². The first kappa shape index (κ1) is 19.6. The maximum Gasteiger partial charge on any atom is 0.255 e. The fourth-order valence-corrected chi connectivity index (χ4v) is 4.79. The molecule has 0 radical (unpaired) electrons. The molecule has 29 heavy (non-hydrogen) atoms. The van der Waals surface area contributed by atoms with E-state index < -0.39 is 0 Å². The Morgan fingerprint density at radius 1 is 1.21 bits per heavy atom. The lowest BCUT2D eigenvalue weighted by Gasteiger charge is -2.17. The van der Waals surface area contributed by atoms with Gasteiger partial charge in [-0.2, -0.15) is 0 Å². The van der Waals surface area contributed by atoms with Crippen molar-refractivity contribution in [3.05, 3.63) is 82.2 Å². The van der Waals surface area contributed by atoms with E-state index in [1.807, 2.05) is 42.7 Å². The maximum absolute atomic E-state index is 12.9. The van der Waals surface area contributed by atoms with E-state index in [9.17, 15) is 4.79 Å². The third-order valence-electron chi connectivity index (χ3n) is 5.00. The molecule has 1 amide bonds. The minimum absolute atomic E-state index is 0.0755. The summed E-state index contributed by atoms with van der Waals surface area (Å²) in [5, 5.41) is 6.37. The molecule has 6 heteroatoms. The first-order valence-electron chi connectivity index (χ1n) is 9.31. The SMILES string of the molecule is COc1cc(SC)ccc1C(=O)NC[C@@H](c1cccs1)c1c[nH]c2ccccc12. The van der Waals surface area contributed by atoms with Crippen molar-refractivity contribution in [1.29, 1.82) is 0 Å². The summed E-state index contributed by atoms with van der Waals surface area (Å²) in [5.41, 5.74) is 2.84.